The minimum atomic E-state index is -4.77. The molecule has 9 heteroatoms. The molecule has 0 saturated heterocycles. The summed E-state index contributed by atoms with van der Waals surface area (Å²) in [6, 6.07) is 3.12. The Kier molecular flexibility index (Phi) is 3.96. The summed E-state index contributed by atoms with van der Waals surface area (Å²) >= 11 is 5.87. The van der Waals surface area contributed by atoms with Crippen molar-refractivity contribution in [1.29, 1.82) is 0 Å². The van der Waals surface area contributed by atoms with E-state index in [0.717, 1.165) is 6.92 Å². The van der Waals surface area contributed by atoms with Crippen LogP contribution in [0.15, 0.2) is 22.9 Å². The lowest BCUT2D eigenvalue weighted by Gasteiger charge is -2.17. The van der Waals surface area contributed by atoms with E-state index in [0.29, 0.717) is 0 Å². The van der Waals surface area contributed by atoms with Crippen molar-refractivity contribution in [2.45, 2.75) is 25.1 Å². The lowest BCUT2D eigenvalue weighted by atomic mass is 10.0. The predicted octanol–water partition coefficient (Wildman–Crippen LogP) is 2.81. The molecule has 2 aromatic heterocycles. The van der Waals surface area contributed by atoms with Crippen molar-refractivity contribution in [2.75, 3.05) is 0 Å². The fourth-order valence-corrected chi connectivity index (χ4v) is 1.69. The average Bonchev–Trinajstić information content (AvgIpc) is 2.86. The van der Waals surface area contributed by atoms with Crippen LogP contribution in [0.2, 0.25) is 5.02 Å². The Labute approximate surface area is 116 Å². The zero-order chi connectivity index (χ0) is 14.9. The van der Waals surface area contributed by atoms with Crippen molar-refractivity contribution < 1.29 is 22.8 Å². The van der Waals surface area contributed by atoms with Gasteiger partial charge in [-0.15, -0.1) is 0 Å². The number of rotatable bonds is 3. The Morgan fingerprint density at radius 1 is 1.40 bits per heavy atom. The quantitative estimate of drug-likeness (QED) is 0.944. The van der Waals surface area contributed by atoms with Crippen LogP contribution in [-0.2, 0) is 0 Å². The van der Waals surface area contributed by atoms with Gasteiger partial charge in [-0.25, -0.2) is 0 Å². The summed E-state index contributed by atoms with van der Waals surface area (Å²) in [5.74, 6) is -1.77. The summed E-state index contributed by atoms with van der Waals surface area (Å²) in [4.78, 5) is 7.70. The van der Waals surface area contributed by atoms with Crippen molar-refractivity contribution in [3.05, 3.63) is 29.2 Å². The molecule has 0 radical (unpaired) electrons. The van der Waals surface area contributed by atoms with Gasteiger partial charge in [0, 0.05) is 6.20 Å². The van der Waals surface area contributed by atoms with E-state index < -0.39 is 18.2 Å². The van der Waals surface area contributed by atoms with Crippen molar-refractivity contribution in [1.82, 2.24) is 15.1 Å². The zero-order valence-electron chi connectivity index (χ0n) is 10.1. The van der Waals surface area contributed by atoms with Gasteiger partial charge in [-0.05, 0) is 12.1 Å². The molecule has 0 saturated carbocycles. The second-order valence-corrected chi connectivity index (χ2v) is 4.47. The maximum atomic E-state index is 12.4. The molecule has 0 amide bonds. The van der Waals surface area contributed by atoms with Gasteiger partial charge >= 0.3 is 6.18 Å². The number of nitrogens with zero attached hydrogens (tertiary/aromatic N) is 3. The number of aliphatic hydroxyl groups is 1. The van der Waals surface area contributed by atoms with Crippen LogP contribution in [-0.4, -0.2) is 32.5 Å². The normalized spacial score (nSPS) is 15.1. The molecule has 0 aliphatic carbocycles. The molecule has 2 unspecified atom stereocenters. The maximum absolute atomic E-state index is 12.4. The lowest BCUT2D eigenvalue weighted by Crippen LogP contribution is -2.33. The number of aliphatic hydroxyl groups excluding tert-OH is 1. The molecule has 0 bridgehead atoms. The first-order valence-electron chi connectivity index (χ1n) is 5.50. The Bertz CT molecular complexity index is 603. The van der Waals surface area contributed by atoms with Crippen molar-refractivity contribution >= 4 is 11.6 Å². The molecule has 2 atom stereocenters. The van der Waals surface area contributed by atoms with Crippen LogP contribution < -0.4 is 0 Å². The fourth-order valence-electron chi connectivity index (χ4n) is 1.49. The molecule has 1 N–H and O–H groups in total. The van der Waals surface area contributed by atoms with E-state index >= 15 is 0 Å². The number of halogens is 4. The third-order valence-electron chi connectivity index (χ3n) is 2.61. The molecule has 108 valence electrons. The van der Waals surface area contributed by atoms with Crippen molar-refractivity contribution in [2.24, 2.45) is 0 Å². The Hall–Kier alpha value is -1.67. The van der Waals surface area contributed by atoms with Crippen LogP contribution in [0.5, 0.6) is 0 Å². The highest BCUT2D eigenvalue weighted by molar-refractivity contribution is 6.32. The van der Waals surface area contributed by atoms with Gasteiger partial charge in [0.2, 0.25) is 11.7 Å². The van der Waals surface area contributed by atoms with Crippen LogP contribution in [0, 0.1) is 0 Å². The monoisotopic (exact) mass is 307 g/mol. The van der Waals surface area contributed by atoms with E-state index in [1.54, 1.807) is 6.07 Å². The van der Waals surface area contributed by atoms with Crippen LogP contribution >= 0.6 is 11.6 Å². The zero-order valence-corrected chi connectivity index (χ0v) is 10.9. The third kappa shape index (κ3) is 2.91. The first kappa shape index (κ1) is 14.7. The van der Waals surface area contributed by atoms with E-state index in [1.807, 2.05) is 0 Å². The smallest absolute Gasteiger partial charge is 0.383 e. The number of alkyl halides is 3. The summed E-state index contributed by atoms with van der Waals surface area (Å²) in [7, 11) is 0. The lowest BCUT2D eigenvalue weighted by molar-refractivity contribution is -0.210. The van der Waals surface area contributed by atoms with Gasteiger partial charge < -0.3 is 9.63 Å². The Morgan fingerprint density at radius 3 is 2.70 bits per heavy atom. The average molecular weight is 308 g/mol. The predicted molar refractivity (Wildman–Crippen MR) is 63.0 cm³/mol. The maximum Gasteiger partial charge on any atom is 0.415 e. The number of hydrogen-bond acceptors (Lipinski definition) is 5. The molecule has 20 heavy (non-hydrogen) atoms. The second-order valence-electron chi connectivity index (χ2n) is 4.07. The first-order chi connectivity index (χ1) is 9.30. The summed E-state index contributed by atoms with van der Waals surface area (Å²) in [5.41, 5.74) is 0.192. The molecular weight excluding hydrogens is 299 g/mol. The van der Waals surface area contributed by atoms with Crippen molar-refractivity contribution in [3.63, 3.8) is 0 Å². The molecule has 0 aliphatic heterocycles. The van der Waals surface area contributed by atoms with E-state index in [1.165, 1.54) is 12.3 Å². The summed E-state index contributed by atoms with van der Waals surface area (Å²) < 4.78 is 41.9. The van der Waals surface area contributed by atoms with Gasteiger partial charge in [0.15, 0.2) is 6.10 Å². The summed E-state index contributed by atoms with van der Waals surface area (Å²) in [6.07, 6.45) is -5.92. The summed E-state index contributed by atoms with van der Waals surface area (Å²) in [5, 5.41) is 12.9. The van der Waals surface area contributed by atoms with Gasteiger partial charge in [0.1, 0.15) is 5.69 Å². The highest BCUT2D eigenvalue weighted by atomic mass is 35.5. The molecule has 0 aromatic carbocycles. The highest BCUT2D eigenvalue weighted by Crippen LogP contribution is 2.32. The van der Waals surface area contributed by atoms with Crippen LogP contribution in [0.3, 0.4) is 0 Å². The number of hydrogen-bond donors (Lipinski definition) is 1. The van der Waals surface area contributed by atoms with Crippen molar-refractivity contribution in [3.8, 4) is 11.5 Å². The fraction of sp³-hybridized carbons (Fsp3) is 0.364. The van der Waals surface area contributed by atoms with E-state index in [-0.39, 0.29) is 22.4 Å². The second kappa shape index (κ2) is 5.37. The molecule has 5 nitrogen and oxygen atoms in total. The van der Waals surface area contributed by atoms with E-state index in [4.69, 9.17) is 21.2 Å². The molecule has 2 heterocycles. The van der Waals surface area contributed by atoms with Crippen LogP contribution in [0.1, 0.15) is 18.7 Å². The minimum Gasteiger partial charge on any atom is -0.383 e. The largest absolute Gasteiger partial charge is 0.415 e. The first-order valence-corrected chi connectivity index (χ1v) is 5.87. The van der Waals surface area contributed by atoms with Gasteiger partial charge in [-0.1, -0.05) is 23.7 Å². The molecule has 0 fully saturated rings. The standard InChI is InChI=1S/C11H9ClF3N3O2/c1-5(8(19)11(13,14)15)10-17-9(18-20-10)7-6(12)3-2-4-16-7/h2-5,8,19H,1H3. The van der Waals surface area contributed by atoms with E-state index in [2.05, 4.69) is 15.1 Å². The van der Waals surface area contributed by atoms with Gasteiger partial charge in [0.25, 0.3) is 0 Å². The third-order valence-corrected chi connectivity index (χ3v) is 2.92. The Balaban J connectivity index is 2.28. The van der Waals surface area contributed by atoms with Gasteiger partial charge in [0.05, 0.1) is 10.9 Å². The molecule has 2 rings (SSSR count). The van der Waals surface area contributed by atoms with Crippen LogP contribution in [0.25, 0.3) is 11.5 Å². The summed E-state index contributed by atoms with van der Waals surface area (Å²) in [6.45, 7) is 1.13. The highest BCUT2D eigenvalue weighted by Gasteiger charge is 2.44. The molecule has 2 aromatic rings. The van der Waals surface area contributed by atoms with Crippen LogP contribution in [0.4, 0.5) is 13.2 Å². The number of pyridine rings is 1. The Morgan fingerprint density at radius 2 is 2.10 bits per heavy atom. The number of aromatic nitrogens is 3. The van der Waals surface area contributed by atoms with Gasteiger partial charge in [-0.2, -0.15) is 18.2 Å². The molecule has 0 spiro atoms. The topological polar surface area (TPSA) is 72.0 Å². The van der Waals surface area contributed by atoms with E-state index in [9.17, 15) is 13.2 Å². The van der Waals surface area contributed by atoms with Gasteiger partial charge in [-0.3, -0.25) is 4.98 Å². The molecular formula is C11H9ClF3N3O2. The SMILES string of the molecule is CC(c1nc(-c2ncccc2Cl)no1)C(O)C(F)(F)F. The minimum absolute atomic E-state index is 0.0353. The molecule has 0 aliphatic rings.